The molecule has 0 radical (unpaired) electrons. The van der Waals surface area contributed by atoms with Gasteiger partial charge in [-0.05, 0) is 19.5 Å². The Kier molecular flexibility index (Phi) is 4.79. The first-order valence-electron chi connectivity index (χ1n) is 5.02. The van der Waals surface area contributed by atoms with Crippen molar-refractivity contribution < 1.29 is 4.39 Å². The highest BCUT2D eigenvalue weighted by atomic mass is 19.1. The predicted molar refractivity (Wildman–Crippen MR) is 58.7 cm³/mol. The average Bonchev–Trinajstić information content (AvgIpc) is 2.25. The zero-order chi connectivity index (χ0) is 11.1. The van der Waals surface area contributed by atoms with Crippen LogP contribution in [0.1, 0.15) is 31.9 Å². The maximum absolute atomic E-state index is 13.4. The van der Waals surface area contributed by atoms with Crippen LogP contribution in [0.3, 0.4) is 0 Å². The number of pyridine rings is 1. The molecule has 0 saturated heterocycles. The number of nitrogens with one attached hydrogen (secondary N) is 1. The minimum absolute atomic E-state index is 0.0505. The molecule has 0 spiro atoms. The van der Waals surface area contributed by atoms with Crippen LogP contribution < -0.4 is 5.32 Å². The van der Waals surface area contributed by atoms with Gasteiger partial charge in [0.1, 0.15) is 5.82 Å². The number of aromatic nitrogens is 1. The van der Waals surface area contributed by atoms with Gasteiger partial charge in [0, 0.05) is 24.2 Å². The summed E-state index contributed by atoms with van der Waals surface area (Å²) in [5.41, 5.74) is 0.634. The first-order valence-corrected chi connectivity index (χ1v) is 5.02. The molecule has 0 amide bonds. The second kappa shape index (κ2) is 6.15. The fourth-order valence-corrected chi connectivity index (χ4v) is 1.41. The van der Waals surface area contributed by atoms with Crippen molar-refractivity contribution in [3.8, 4) is 11.8 Å². The SMILES string of the molecule is CC#CCC(NCC)c1ccncc1F. The van der Waals surface area contributed by atoms with Crippen molar-refractivity contribution in [2.45, 2.75) is 26.3 Å². The van der Waals surface area contributed by atoms with Gasteiger partial charge in [0.05, 0.1) is 6.20 Å². The Labute approximate surface area is 89.9 Å². The zero-order valence-corrected chi connectivity index (χ0v) is 9.05. The van der Waals surface area contributed by atoms with Crippen LogP contribution in [-0.2, 0) is 0 Å². The van der Waals surface area contributed by atoms with Crippen molar-refractivity contribution >= 4 is 0 Å². The van der Waals surface area contributed by atoms with E-state index < -0.39 is 0 Å². The van der Waals surface area contributed by atoms with E-state index in [9.17, 15) is 4.39 Å². The van der Waals surface area contributed by atoms with Crippen LogP contribution in [0.5, 0.6) is 0 Å². The molecule has 1 aromatic rings. The van der Waals surface area contributed by atoms with Crippen molar-refractivity contribution in [1.29, 1.82) is 0 Å². The lowest BCUT2D eigenvalue weighted by atomic mass is 10.0. The van der Waals surface area contributed by atoms with E-state index in [-0.39, 0.29) is 11.9 Å². The highest BCUT2D eigenvalue weighted by Crippen LogP contribution is 2.18. The molecule has 3 heteroatoms. The van der Waals surface area contributed by atoms with Gasteiger partial charge in [0.2, 0.25) is 0 Å². The first-order chi connectivity index (χ1) is 7.29. The van der Waals surface area contributed by atoms with E-state index in [1.54, 1.807) is 19.2 Å². The number of rotatable bonds is 4. The Hall–Kier alpha value is -1.40. The van der Waals surface area contributed by atoms with E-state index in [0.29, 0.717) is 12.0 Å². The highest BCUT2D eigenvalue weighted by Gasteiger charge is 2.12. The fraction of sp³-hybridized carbons (Fsp3) is 0.417. The van der Waals surface area contributed by atoms with E-state index in [1.807, 2.05) is 6.92 Å². The number of halogens is 1. The van der Waals surface area contributed by atoms with Gasteiger partial charge in [-0.2, -0.15) is 0 Å². The Morgan fingerprint density at radius 1 is 1.60 bits per heavy atom. The molecule has 0 saturated carbocycles. The first kappa shape index (κ1) is 11.7. The minimum Gasteiger partial charge on any atom is -0.309 e. The van der Waals surface area contributed by atoms with Gasteiger partial charge >= 0.3 is 0 Å². The van der Waals surface area contributed by atoms with E-state index in [4.69, 9.17) is 0 Å². The number of hydrogen-bond donors (Lipinski definition) is 1. The molecular formula is C12H15FN2. The molecule has 1 heterocycles. The van der Waals surface area contributed by atoms with Crippen LogP contribution in [0.4, 0.5) is 4.39 Å². The Bertz CT molecular complexity index is 365. The van der Waals surface area contributed by atoms with Crippen LogP contribution >= 0.6 is 0 Å². The highest BCUT2D eigenvalue weighted by molar-refractivity contribution is 5.19. The molecule has 0 aliphatic heterocycles. The lowest BCUT2D eigenvalue weighted by Gasteiger charge is -2.15. The largest absolute Gasteiger partial charge is 0.309 e. The van der Waals surface area contributed by atoms with Gasteiger partial charge < -0.3 is 5.32 Å². The van der Waals surface area contributed by atoms with Crippen LogP contribution in [0.25, 0.3) is 0 Å². The lowest BCUT2D eigenvalue weighted by molar-refractivity contribution is 0.517. The summed E-state index contributed by atoms with van der Waals surface area (Å²) in [6.45, 7) is 4.56. The summed E-state index contributed by atoms with van der Waals surface area (Å²) in [5, 5.41) is 3.20. The van der Waals surface area contributed by atoms with Crippen molar-refractivity contribution in [1.82, 2.24) is 10.3 Å². The molecule has 80 valence electrons. The number of hydrogen-bond acceptors (Lipinski definition) is 2. The summed E-state index contributed by atoms with van der Waals surface area (Å²) >= 11 is 0. The Morgan fingerprint density at radius 3 is 3.00 bits per heavy atom. The molecule has 1 atom stereocenters. The van der Waals surface area contributed by atoms with E-state index >= 15 is 0 Å². The van der Waals surface area contributed by atoms with Crippen LogP contribution in [0.15, 0.2) is 18.5 Å². The van der Waals surface area contributed by atoms with Gasteiger partial charge in [0.25, 0.3) is 0 Å². The summed E-state index contributed by atoms with van der Waals surface area (Å²) in [6, 6.07) is 1.64. The lowest BCUT2D eigenvalue weighted by Crippen LogP contribution is -2.21. The quantitative estimate of drug-likeness (QED) is 0.764. The zero-order valence-electron chi connectivity index (χ0n) is 9.05. The monoisotopic (exact) mass is 206 g/mol. The smallest absolute Gasteiger partial charge is 0.146 e. The standard InChI is InChI=1S/C12H15FN2/c1-3-5-6-12(15-4-2)10-7-8-14-9-11(10)13/h7-9,12,15H,4,6H2,1-2H3. The summed E-state index contributed by atoms with van der Waals surface area (Å²) in [6.07, 6.45) is 3.45. The summed E-state index contributed by atoms with van der Waals surface area (Å²) < 4.78 is 13.4. The van der Waals surface area contributed by atoms with Crippen molar-refractivity contribution in [2.75, 3.05) is 6.54 Å². The molecular weight excluding hydrogens is 191 g/mol. The Balaban J connectivity index is 2.86. The van der Waals surface area contributed by atoms with Gasteiger partial charge in [-0.1, -0.05) is 6.92 Å². The van der Waals surface area contributed by atoms with E-state index in [1.165, 1.54) is 6.20 Å². The van der Waals surface area contributed by atoms with Gasteiger partial charge in [0.15, 0.2) is 0 Å². The average molecular weight is 206 g/mol. The maximum Gasteiger partial charge on any atom is 0.146 e. The molecule has 1 aromatic heterocycles. The minimum atomic E-state index is -0.277. The van der Waals surface area contributed by atoms with Crippen molar-refractivity contribution in [2.24, 2.45) is 0 Å². The normalized spacial score (nSPS) is 11.7. The molecule has 1 unspecified atom stereocenters. The maximum atomic E-state index is 13.4. The third-order valence-corrected chi connectivity index (χ3v) is 2.11. The number of nitrogens with zero attached hydrogens (tertiary/aromatic N) is 1. The van der Waals surface area contributed by atoms with Crippen molar-refractivity contribution in [3.63, 3.8) is 0 Å². The molecule has 1 rings (SSSR count). The Morgan fingerprint density at radius 2 is 2.40 bits per heavy atom. The summed E-state index contributed by atoms with van der Waals surface area (Å²) in [5.74, 6) is 5.50. The summed E-state index contributed by atoms with van der Waals surface area (Å²) in [4.78, 5) is 3.73. The topological polar surface area (TPSA) is 24.9 Å². The molecule has 0 aliphatic carbocycles. The van der Waals surface area contributed by atoms with E-state index in [0.717, 1.165) is 6.54 Å². The van der Waals surface area contributed by atoms with Gasteiger partial charge in [-0.3, -0.25) is 4.98 Å². The summed E-state index contributed by atoms with van der Waals surface area (Å²) in [7, 11) is 0. The molecule has 2 nitrogen and oxygen atoms in total. The molecule has 0 fully saturated rings. The second-order valence-electron chi connectivity index (χ2n) is 3.14. The molecule has 0 aliphatic rings. The van der Waals surface area contributed by atoms with Crippen molar-refractivity contribution in [3.05, 3.63) is 29.8 Å². The van der Waals surface area contributed by atoms with E-state index in [2.05, 4.69) is 22.1 Å². The predicted octanol–water partition coefficient (Wildman–Crippen LogP) is 2.28. The molecule has 0 bridgehead atoms. The fourth-order valence-electron chi connectivity index (χ4n) is 1.41. The van der Waals surface area contributed by atoms with Gasteiger partial charge in [-0.15, -0.1) is 11.8 Å². The van der Waals surface area contributed by atoms with Crippen LogP contribution in [0, 0.1) is 17.7 Å². The third kappa shape index (κ3) is 3.34. The van der Waals surface area contributed by atoms with Gasteiger partial charge in [-0.25, -0.2) is 4.39 Å². The molecule has 1 N–H and O–H groups in total. The van der Waals surface area contributed by atoms with Crippen LogP contribution in [-0.4, -0.2) is 11.5 Å². The molecule has 15 heavy (non-hydrogen) atoms. The third-order valence-electron chi connectivity index (χ3n) is 2.11. The second-order valence-corrected chi connectivity index (χ2v) is 3.14. The van der Waals surface area contributed by atoms with Crippen LogP contribution in [0.2, 0.25) is 0 Å². The molecule has 0 aromatic carbocycles.